The van der Waals surface area contributed by atoms with E-state index in [0.717, 1.165) is 13.1 Å². The zero-order valence-corrected chi connectivity index (χ0v) is 24.4. The number of carbonyl (C=O) groups excluding carboxylic acids is 3. The topological polar surface area (TPSA) is 118 Å². The van der Waals surface area contributed by atoms with Crippen molar-refractivity contribution in [2.45, 2.75) is 18.9 Å². The van der Waals surface area contributed by atoms with Crippen LogP contribution >= 0.6 is 11.6 Å². The molecule has 6 rings (SSSR count). The first-order chi connectivity index (χ1) is 20.7. The number of imidazole rings is 1. The van der Waals surface area contributed by atoms with Crippen LogP contribution in [0.2, 0.25) is 5.02 Å². The quantitative estimate of drug-likeness (QED) is 0.376. The number of likely N-dealkylation sites (tertiary alicyclic amines) is 1. The molecule has 1 aromatic heterocycles. The van der Waals surface area contributed by atoms with E-state index in [9.17, 15) is 23.2 Å². The second kappa shape index (κ2) is 11.6. The molecule has 1 saturated carbocycles. The fraction of sp³-hybridized carbons (Fsp3) is 0.400. The van der Waals surface area contributed by atoms with E-state index in [-0.39, 0.29) is 57.2 Å². The minimum atomic E-state index is -1.14. The summed E-state index contributed by atoms with van der Waals surface area (Å²) in [6.07, 6.45) is 2.44. The Morgan fingerprint density at radius 3 is 2.47 bits per heavy atom. The minimum Gasteiger partial charge on any atom is -0.494 e. The van der Waals surface area contributed by atoms with E-state index in [2.05, 4.69) is 20.9 Å². The summed E-state index contributed by atoms with van der Waals surface area (Å²) >= 11 is 6.46. The highest BCUT2D eigenvalue weighted by Crippen LogP contribution is 2.42. The Morgan fingerprint density at radius 1 is 1.07 bits per heavy atom. The molecule has 43 heavy (non-hydrogen) atoms. The van der Waals surface area contributed by atoms with Gasteiger partial charge in [-0.1, -0.05) is 11.6 Å². The highest BCUT2D eigenvalue weighted by molar-refractivity contribution is 6.34. The molecular formula is C30H31ClF2N6O4. The highest BCUT2D eigenvalue weighted by atomic mass is 35.5. The van der Waals surface area contributed by atoms with Crippen LogP contribution in [0.1, 0.15) is 33.8 Å². The number of aromatic nitrogens is 2. The van der Waals surface area contributed by atoms with Gasteiger partial charge < -0.3 is 30.2 Å². The van der Waals surface area contributed by atoms with Crippen molar-refractivity contribution in [3.8, 4) is 17.0 Å². The molecule has 3 aliphatic rings. The second-order valence-corrected chi connectivity index (χ2v) is 11.6. The average molecular weight is 613 g/mol. The van der Waals surface area contributed by atoms with Crippen LogP contribution in [0.25, 0.3) is 11.3 Å². The van der Waals surface area contributed by atoms with Gasteiger partial charge in [0, 0.05) is 56.4 Å². The van der Waals surface area contributed by atoms with Gasteiger partial charge in [-0.2, -0.15) is 4.39 Å². The second-order valence-electron chi connectivity index (χ2n) is 11.2. The molecule has 2 atom stereocenters. The molecule has 10 nitrogen and oxygen atoms in total. The van der Waals surface area contributed by atoms with Gasteiger partial charge in [0.05, 0.1) is 29.6 Å². The number of hydrogen-bond acceptors (Lipinski definition) is 6. The lowest BCUT2D eigenvalue weighted by molar-refractivity contribution is -0.126. The number of anilines is 1. The molecule has 3 N–H and O–H groups in total. The van der Waals surface area contributed by atoms with E-state index in [1.165, 1.54) is 43.1 Å². The van der Waals surface area contributed by atoms with E-state index in [1.807, 2.05) is 0 Å². The number of nitrogens with one attached hydrogen (secondary N) is 3. The molecular weight excluding hydrogens is 582 g/mol. The molecule has 2 aromatic carbocycles. The molecule has 1 aliphatic carbocycles. The molecule has 3 fully saturated rings. The van der Waals surface area contributed by atoms with Gasteiger partial charge in [0.1, 0.15) is 0 Å². The zero-order chi connectivity index (χ0) is 30.4. The van der Waals surface area contributed by atoms with Crippen LogP contribution in [0.5, 0.6) is 5.75 Å². The van der Waals surface area contributed by atoms with Crippen molar-refractivity contribution < 1.29 is 27.9 Å². The van der Waals surface area contributed by atoms with Gasteiger partial charge in [-0.3, -0.25) is 14.4 Å². The van der Waals surface area contributed by atoms with E-state index in [4.69, 9.17) is 16.3 Å². The predicted octanol–water partition coefficient (Wildman–Crippen LogP) is 3.47. The van der Waals surface area contributed by atoms with Gasteiger partial charge in [-0.05, 0) is 55.0 Å². The number of methoxy groups -OCH3 is 1. The molecule has 3 heterocycles. The van der Waals surface area contributed by atoms with Gasteiger partial charge in [-0.15, -0.1) is 0 Å². The average Bonchev–Trinajstić information content (AvgIpc) is 3.29. The summed E-state index contributed by atoms with van der Waals surface area (Å²) in [5.74, 6) is -2.32. The molecule has 0 radical (unpaired) electrons. The Morgan fingerprint density at radius 2 is 1.79 bits per heavy atom. The number of nitrogens with zero attached hydrogens (tertiary/aromatic N) is 3. The third-order valence-corrected chi connectivity index (χ3v) is 9.06. The number of halogens is 3. The van der Waals surface area contributed by atoms with Crippen molar-refractivity contribution in [2.75, 3.05) is 38.6 Å². The smallest absolute Gasteiger partial charge is 0.291 e. The molecule has 0 spiro atoms. The van der Waals surface area contributed by atoms with E-state index in [1.54, 1.807) is 17.0 Å². The van der Waals surface area contributed by atoms with Crippen LogP contribution < -0.4 is 20.7 Å². The number of carbonyl (C=O) groups is 3. The number of rotatable bonds is 7. The lowest BCUT2D eigenvalue weighted by Gasteiger charge is -2.31. The standard InChI is InChI=1S/C30H31ClF2N6O4/c1-38-22(18-5-6-23(43-2)25(33)24(18)32)14-35-27(38)29(41)36-16-3-4-17(21(31)11-16)30(42)39-9-7-15(8-10-39)28(40)37-26-19-12-34-13-20(19)26/h3-6,11,14-15,19-20,26,34H,7-10,12-13H2,1-2H3,(H,36,41)(H,37,40). The van der Waals surface area contributed by atoms with Crippen molar-refractivity contribution in [1.29, 1.82) is 0 Å². The van der Waals surface area contributed by atoms with Crippen molar-refractivity contribution >= 4 is 35.0 Å². The molecule has 3 aromatic rings. The molecule has 2 aliphatic heterocycles. The molecule has 226 valence electrons. The first-order valence-corrected chi connectivity index (χ1v) is 14.5. The molecule has 3 amide bonds. The summed E-state index contributed by atoms with van der Waals surface area (Å²) in [7, 11) is 2.75. The normalized spacial score (nSPS) is 21.3. The van der Waals surface area contributed by atoms with Gasteiger partial charge in [0.2, 0.25) is 11.7 Å². The van der Waals surface area contributed by atoms with Gasteiger partial charge >= 0.3 is 0 Å². The number of hydrogen-bond donors (Lipinski definition) is 3. The SMILES string of the molecule is COc1ccc(-c2cnc(C(=O)Nc3ccc(C(=O)N4CCC(C(=O)NC5C6CNCC65)CC4)c(Cl)c3)n2C)c(F)c1F. The lowest BCUT2D eigenvalue weighted by atomic mass is 9.95. The number of benzene rings is 2. The summed E-state index contributed by atoms with van der Waals surface area (Å²) in [5.41, 5.74) is 0.730. The maximum atomic E-state index is 14.6. The molecule has 13 heteroatoms. The van der Waals surface area contributed by atoms with Crippen LogP contribution in [-0.2, 0) is 11.8 Å². The van der Waals surface area contributed by atoms with Crippen LogP contribution in [0.15, 0.2) is 36.5 Å². The third-order valence-electron chi connectivity index (χ3n) is 8.74. The van der Waals surface area contributed by atoms with Crippen LogP contribution in [-0.4, -0.2) is 71.5 Å². The maximum Gasteiger partial charge on any atom is 0.291 e. The minimum absolute atomic E-state index is 0.0460. The van der Waals surface area contributed by atoms with E-state index >= 15 is 0 Å². The summed E-state index contributed by atoms with van der Waals surface area (Å²) < 4.78 is 35.0. The Labute approximate surface area is 251 Å². The third kappa shape index (κ3) is 5.45. The Balaban J connectivity index is 1.06. The monoisotopic (exact) mass is 612 g/mol. The van der Waals surface area contributed by atoms with Crippen LogP contribution in [0, 0.1) is 29.4 Å². The molecule has 2 saturated heterocycles. The Bertz CT molecular complexity index is 1600. The number of fused-ring (bicyclic) bond motifs is 1. The van der Waals surface area contributed by atoms with Crippen molar-refractivity contribution in [1.82, 2.24) is 25.1 Å². The zero-order valence-electron chi connectivity index (χ0n) is 23.6. The fourth-order valence-electron chi connectivity index (χ4n) is 6.14. The highest BCUT2D eigenvalue weighted by Gasteiger charge is 2.54. The Hall–Kier alpha value is -4.03. The lowest BCUT2D eigenvalue weighted by Crippen LogP contribution is -2.44. The fourth-order valence-corrected chi connectivity index (χ4v) is 6.40. The van der Waals surface area contributed by atoms with Crippen molar-refractivity contribution in [3.05, 3.63) is 64.6 Å². The van der Waals surface area contributed by atoms with Gasteiger partial charge in [-0.25, -0.2) is 9.37 Å². The first kappa shape index (κ1) is 29.1. The number of piperidine rings is 2. The van der Waals surface area contributed by atoms with E-state index < -0.39 is 17.5 Å². The van der Waals surface area contributed by atoms with Crippen molar-refractivity contribution in [2.24, 2.45) is 24.8 Å². The van der Waals surface area contributed by atoms with Crippen molar-refractivity contribution in [3.63, 3.8) is 0 Å². The summed E-state index contributed by atoms with van der Waals surface area (Å²) in [4.78, 5) is 44.7. The molecule has 0 bridgehead atoms. The number of amides is 3. The largest absolute Gasteiger partial charge is 0.494 e. The van der Waals surface area contributed by atoms with Gasteiger partial charge in [0.25, 0.3) is 11.8 Å². The summed E-state index contributed by atoms with van der Waals surface area (Å²) in [6, 6.07) is 7.49. The Kier molecular flexibility index (Phi) is 7.82. The predicted molar refractivity (Wildman–Crippen MR) is 155 cm³/mol. The van der Waals surface area contributed by atoms with Crippen LogP contribution in [0.4, 0.5) is 14.5 Å². The first-order valence-electron chi connectivity index (χ1n) is 14.1. The summed E-state index contributed by atoms with van der Waals surface area (Å²) in [6.45, 7) is 2.82. The van der Waals surface area contributed by atoms with Crippen LogP contribution in [0.3, 0.4) is 0 Å². The van der Waals surface area contributed by atoms with E-state index in [0.29, 0.717) is 43.5 Å². The number of ether oxygens (including phenoxy) is 1. The maximum absolute atomic E-state index is 14.6. The molecule has 2 unspecified atom stereocenters. The summed E-state index contributed by atoms with van der Waals surface area (Å²) in [5, 5.41) is 9.35. The van der Waals surface area contributed by atoms with Gasteiger partial charge in [0.15, 0.2) is 17.4 Å².